The highest BCUT2D eigenvalue weighted by Gasteiger charge is 2.27. The molecule has 0 saturated heterocycles. The molecule has 0 spiro atoms. The minimum Gasteiger partial charge on any atom is -0.459 e. The van der Waals surface area contributed by atoms with Crippen molar-refractivity contribution >= 4 is 21.9 Å². The van der Waals surface area contributed by atoms with Crippen molar-refractivity contribution in [3.8, 4) is 0 Å². The van der Waals surface area contributed by atoms with Crippen molar-refractivity contribution < 1.29 is 14.6 Å². The zero-order chi connectivity index (χ0) is 14.4. The number of benzene rings is 1. The van der Waals surface area contributed by atoms with Crippen molar-refractivity contribution in [1.82, 2.24) is 0 Å². The number of aliphatic hydroxyl groups excluding tert-OH is 1. The van der Waals surface area contributed by atoms with Crippen molar-refractivity contribution in [2.75, 3.05) is 0 Å². The van der Waals surface area contributed by atoms with Crippen molar-refractivity contribution in [2.45, 2.75) is 55.6 Å². The molecule has 1 saturated carbocycles. The second-order valence-electron chi connectivity index (χ2n) is 5.30. The van der Waals surface area contributed by atoms with E-state index in [0.29, 0.717) is 5.56 Å². The fraction of sp³-hybridized carbons (Fsp3) is 0.562. The summed E-state index contributed by atoms with van der Waals surface area (Å²) in [6.45, 7) is 0. The molecule has 20 heavy (non-hydrogen) atoms. The number of aliphatic hydroxyl groups is 1. The highest BCUT2D eigenvalue weighted by molar-refractivity contribution is 9.09. The van der Waals surface area contributed by atoms with Crippen LogP contribution in [0.25, 0.3) is 0 Å². The van der Waals surface area contributed by atoms with Crippen LogP contribution in [0.2, 0.25) is 0 Å². The molecule has 2 rings (SSSR count). The molecule has 0 heterocycles. The van der Waals surface area contributed by atoms with Gasteiger partial charge in [0.1, 0.15) is 6.10 Å². The topological polar surface area (TPSA) is 46.5 Å². The highest BCUT2D eigenvalue weighted by atomic mass is 79.9. The van der Waals surface area contributed by atoms with Crippen LogP contribution >= 0.6 is 15.9 Å². The molecule has 1 aromatic rings. The maximum atomic E-state index is 12.1. The van der Waals surface area contributed by atoms with Gasteiger partial charge in [0.05, 0.1) is 4.83 Å². The fourth-order valence-corrected chi connectivity index (χ4v) is 3.22. The Morgan fingerprint density at radius 1 is 1.15 bits per heavy atom. The second-order valence-corrected chi connectivity index (χ2v) is 6.47. The monoisotopic (exact) mass is 340 g/mol. The quantitative estimate of drug-likeness (QED) is 0.673. The third-order valence-electron chi connectivity index (χ3n) is 3.73. The summed E-state index contributed by atoms with van der Waals surface area (Å²) in [6, 6.07) is 8.92. The molecule has 3 atom stereocenters. The Hall–Kier alpha value is -0.870. The third-order valence-corrected chi connectivity index (χ3v) is 4.78. The van der Waals surface area contributed by atoms with Crippen LogP contribution in [0.5, 0.6) is 0 Å². The Morgan fingerprint density at radius 3 is 2.50 bits per heavy atom. The van der Waals surface area contributed by atoms with Crippen LogP contribution in [0.3, 0.4) is 0 Å². The lowest BCUT2D eigenvalue weighted by Gasteiger charge is -2.26. The molecule has 110 valence electrons. The van der Waals surface area contributed by atoms with Crippen LogP contribution in [0.15, 0.2) is 30.3 Å². The zero-order valence-corrected chi connectivity index (χ0v) is 13.1. The number of hydrogen-bond acceptors (Lipinski definition) is 3. The van der Waals surface area contributed by atoms with E-state index in [-0.39, 0.29) is 10.9 Å². The second kappa shape index (κ2) is 7.79. The van der Waals surface area contributed by atoms with Gasteiger partial charge in [-0.15, -0.1) is 0 Å². The summed E-state index contributed by atoms with van der Waals surface area (Å²) in [5.74, 6) is -0.550. The van der Waals surface area contributed by atoms with Gasteiger partial charge in [-0.05, 0) is 24.8 Å². The normalized spacial score (nSPS) is 25.3. The third kappa shape index (κ3) is 4.32. The van der Waals surface area contributed by atoms with Gasteiger partial charge < -0.3 is 9.84 Å². The average Bonchev–Trinajstić information content (AvgIpc) is 2.47. The molecule has 0 bridgehead atoms. The van der Waals surface area contributed by atoms with Gasteiger partial charge in [-0.25, -0.2) is 4.79 Å². The van der Waals surface area contributed by atoms with E-state index < -0.39 is 12.1 Å². The van der Waals surface area contributed by atoms with E-state index in [2.05, 4.69) is 15.9 Å². The maximum Gasteiger partial charge on any atom is 0.339 e. The summed E-state index contributed by atoms with van der Waals surface area (Å²) >= 11 is 3.61. The predicted octanol–water partition coefficient (Wildman–Crippen LogP) is 3.75. The molecule has 0 unspecified atom stereocenters. The van der Waals surface area contributed by atoms with Gasteiger partial charge in [-0.1, -0.05) is 65.5 Å². The molecule has 0 aromatic heterocycles. The lowest BCUT2D eigenvalue weighted by atomic mass is 9.98. The first-order valence-corrected chi connectivity index (χ1v) is 8.17. The molecule has 0 aliphatic heterocycles. The van der Waals surface area contributed by atoms with Crippen LogP contribution < -0.4 is 0 Å². The fourth-order valence-electron chi connectivity index (χ4n) is 2.52. The Balaban J connectivity index is 1.95. The lowest BCUT2D eigenvalue weighted by Crippen LogP contribution is -2.30. The van der Waals surface area contributed by atoms with Crippen LogP contribution in [-0.2, 0) is 9.53 Å². The van der Waals surface area contributed by atoms with Crippen LogP contribution in [0, 0.1) is 0 Å². The van der Waals surface area contributed by atoms with E-state index in [1.54, 1.807) is 24.3 Å². The van der Waals surface area contributed by atoms with E-state index in [1.807, 2.05) is 6.07 Å². The number of halogens is 1. The maximum absolute atomic E-state index is 12.1. The molecule has 1 aliphatic carbocycles. The van der Waals surface area contributed by atoms with Gasteiger partial charge in [0, 0.05) is 0 Å². The van der Waals surface area contributed by atoms with E-state index in [4.69, 9.17) is 4.74 Å². The first-order valence-electron chi connectivity index (χ1n) is 7.26. The Morgan fingerprint density at radius 2 is 1.80 bits per heavy atom. The van der Waals surface area contributed by atoms with Crippen molar-refractivity contribution in [2.24, 2.45) is 0 Å². The van der Waals surface area contributed by atoms with E-state index in [1.165, 1.54) is 12.8 Å². The summed E-state index contributed by atoms with van der Waals surface area (Å²) in [6.07, 6.45) is 5.21. The minimum absolute atomic E-state index is 0.138. The lowest BCUT2D eigenvalue weighted by molar-refractivity contribution is -0.160. The summed E-state index contributed by atoms with van der Waals surface area (Å²) in [5.41, 5.74) is 0.578. The number of carbonyl (C=O) groups is 1. The Kier molecular flexibility index (Phi) is 6.05. The van der Waals surface area contributed by atoms with Gasteiger partial charge in [0.2, 0.25) is 0 Å². The average molecular weight is 341 g/mol. The van der Waals surface area contributed by atoms with Crippen molar-refractivity contribution in [1.29, 1.82) is 0 Å². The Labute approximate surface area is 128 Å². The first-order chi connectivity index (χ1) is 9.68. The largest absolute Gasteiger partial charge is 0.459 e. The molecule has 1 aliphatic rings. The standard InChI is InChI=1S/C16H21BrO3/c17-13-10-6-1-2-7-11-14(13)20-16(19)15(18)12-8-4-3-5-9-12/h3-5,8-9,13-15,18H,1-2,6-7,10-11H2/t13-,14-,15-/m0/s1. The summed E-state index contributed by atoms with van der Waals surface area (Å²) in [4.78, 5) is 12.3. The van der Waals surface area contributed by atoms with Crippen LogP contribution in [-0.4, -0.2) is 22.0 Å². The number of rotatable bonds is 3. The van der Waals surface area contributed by atoms with Gasteiger partial charge in [-0.3, -0.25) is 0 Å². The number of ether oxygens (including phenoxy) is 1. The summed E-state index contributed by atoms with van der Waals surface area (Å²) < 4.78 is 5.52. The highest BCUT2D eigenvalue weighted by Crippen LogP contribution is 2.27. The minimum atomic E-state index is -1.19. The molecule has 3 nitrogen and oxygen atoms in total. The molecular weight excluding hydrogens is 320 g/mol. The number of esters is 1. The smallest absolute Gasteiger partial charge is 0.339 e. The first kappa shape index (κ1) is 15.5. The van der Waals surface area contributed by atoms with Crippen LogP contribution in [0.1, 0.15) is 50.2 Å². The van der Waals surface area contributed by atoms with E-state index >= 15 is 0 Å². The van der Waals surface area contributed by atoms with Gasteiger partial charge in [0.15, 0.2) is 6.10 Å². The van der Waals surface area contributed by atoms with Gasteiger partial charge >= 0.3 is 5.97 Å². The molecule has 0 amide bonds. The SMILES string of the molecule is O=C(O[C@H]1CCCCCC[C@@H]1Br)[C@@H](O)c1ccccc1. The van der Waals surface area contributed by atoms with Gasteiger partial charge in [-0.2, -0.15) is 0 Å². The molecule has 1 N–H and O–H groups in total. The van der Waals surface area contributed by atoms with Gasteiger partial charge in [0.25, 0.3) is 0 Å². The summed E-state index contributed by atoms with van der Waals surface area (Å²) in [7, 11) is 0. The molecular formula is C16H21BrO3. The number of alkyl halides is 1. The van der Waals surface area contributed by atoms with Crippen molar-refractivity contribution in [3.63, 3.8) is 0 Å². The summed E-state index contributed by atoms with van der Waals surface area (Å²) in [5, 5.41) is 10.0. The molecule has 0 radical (unpaired) electrons. The molecule has 1 aromatic carbocycles. The predicted molar refractivity (Wildman–Crippen MR) is 81.7 cm³/mol. The molecule has 1 fully saturated rings. The zero-order valence-electron chi connectivity index (χ0n) is 11.5. The Bertz CT molecular complexity index is 421. The number of carbonyl (C=O) groups excluding carboxylic acids is 1. The van der Waals surface area contributed by atoms with E-state index in [9.17, 15) is 9.90 Å². The van der Waals surface area contributed by atoms with Crippen LogP contribution in [0.4, 0.5) is 0 Å². The van der Waals surface area contributed by atoms with Crippen molar-refractivity contribution in [3.05, 3.63) is 35.9 Å². The number of hydrogen-bond donors (Lipinski definition) is 1. The molecule has 4 heteroatoms. The van der Waals surface area contributed by atoms with E-state index in [0.717, 1.165) is 25.7 Å².